The average molecular weight is 222 g/mol. The molecule has 0 amide bonds. The van der Waals surface area contributed by atoms with Gasteiger partial charge in [0.2, 0.25) is 0 Å². The van der Waals surface area contributed by atoms with Crippen LogP contribution in [0.3, 0.4) is 0 Å². The zero-order valence-electron chi connectivity index (χ0n) is 10.9. The predicted molar refractivity (Wildman–Crippen MR) is 67.6 cm³/mol. The molecule has 3 fully saturated rings. The lowest BCUT2D eigenvalue weighted by Crippen LogP contribution is -2.67. The van der Waals surface area contributed by atoms with Gasteiger partial charge in [-0.1, -0.05) is 25.7 Å². The highest BCUT2D eigenvalue weighted by Crippen LogP contribution is 2.38. The lowest BCUT2D eigenvalue weighted by atomic mass is 9.78. The van der Waals surface area contributed by atoms with Crippen LogP contribution in [0.1, 0.15) is 51.4 Å². The fourth-order valence-electron chi connectivity index (χ4n) is 4.58. The predicted octanol–water partition coefficient (Wildman–Crippen LogP) is 2.49. The molecule has 0 unspecified atom stereocenters. The molecule has 2 nitrogen and oxygen atoms in total. The molecule has 4 atom stereocenters. The topological polar surface area (TPSA) is 6.48 Å². The minimum Gasteiger partial charge on any atom is -0.297 e. The van der Waals surface area contributed by atoms with Gasteiger partial charge in [0.25, 0.3) is 0 Å². The van der Waals surface area contributed by atoms with Crippen LogP contribution in [0.5, 0.6) is 0 Å². The summed E-state index contributed by atoms with van der Waals surface area (Å²) < 4.78 is 0. The molecule has 0 aromatic carbocycles. The van der Waals surface area contributed by atoms with Crippen LogP contribution >= 0.6 is 0 Å². The Morgan fingerprint density at radius 1 is 0.562 bits per heavy atom. The molecule has 3 aliphatic rings. The molecule has 0 aromatic rings. The molecule has 0 aromatic heterocycles. The largest absolute Gasteiger partial charge is 0.297 e. The van der Waals surface area contributed by atoms with Crippen LogP contribution in [-0.2, 0) is 0 Å². The lowest BCUT2D eigenvalue weighted by Gasteiger charge is -2.57. The van der Waals surface area contributed by atoms with Gasteiger partial charge in [-0.25, -0.2) is 0 Å². The fraction of sp³-hybridized carbons (Fsp3) is 1.00. The molecule has 0 spiro atoms. The van der Waals surface area contributed by atoms with E-state index in [0.717, 1.165) is 24.2 Å². The molecule has 2 saturated carbocycles. The average Bonchev–Trinajstić information content (AvgIpc) is 2.36. The highest BCUT2D eigenvalue weighted by molar-refractivity contribution is 5.02. The van der Waals surface area contributed by atoms with Crippen molar-refractivity contribution in [2.24, 2.45) is 0 Å². The van der Waals surface area contributed by atoms with Gasteiger partial charge in [0.05, 0.1) is 0 Å². The number of hydrogen-bond donors (Lipinski definition) is 0. The van der Waals surface area contributed by atoms with Crippen molar-refractivity contribution in [3.63, 3.8) is 0 Å². The van der Waals surface area contributed by atoms with Gasteiger partial charge in [-0.2, -0.15) is 0 Å². The Kier molecular flexibility index (Phi) is 2.97. The Bertz CT molecular complexity index is 203. The van der Waals surface area contributed by atoms with Crippen LogP contribution in [0.25, 0.3) is 0 Å². The second-order valence-corrected chi connectivity index (χ2v) is 6.17. The van der Waals surface area contributed by atoms with Gasteiger partial charge < -0.3 is 0 Å². The fourth-order valence-corrected chi connectivity index (χ4v) is 4.58. The Morgan fingerprint density at radius 3 is 1.06 bits per heavy atom. The number of nitrogens with zero attached hydrogens (tertiary/aromatic N) is 2. The molecule has 0 N–H and O–H groups in total. The van der Waals surface area contributed by atoms with Gasteiger partial charge in [-0.15, -0.1) is 0 Å². The maximum Gasteiger partial charge on any atom is 0.0252 e. The van der Waals surface area contributed by atoms with Crippen LogP contribution < -0.4 is 0 Å². The normalized spacial score (nSPS) is 46.1. The third kappa shape index (κ3) is 1.62. The second-order valence-electron chi connectivity index (χ2n) is 6.17. The quantitative estimate of drug-likeness (QED) is 0.621. The van der Waals surface area contributed by atoms with Crippen molar-refractivity contribution in [3.05, 3.63) is 0 Å². The monoisotopic (exact) mass is 222 g/mol. The summed E-state index contributed by atoms with van der Waals surface area (Å²) in [6.45, 7) is 0. The number of likely N-dealkylation sites (N-methyl/N-ethyl adjacent to an activating group) is 2. The summed E-state index contributed by atoms with van der Waals surface area (Å²) in [4.78, 5) is 5.52. The molecule has 3 rings (SSSR count). The summed E-state index contributed by atoms with van der Waals surface area (Å²) in [6.07, 6.45) is 11.6. The number of rotatable bonds is 0. The van der Waals surface area contributed by atoms with Gasteiger partial charge in [0.1, 0.15) is 0 Å². The molecule has 1 heterocycles. The van der Waals surface area contributed by atoms with E-state index in [1.165, 1.54) is 51.4 Å². The van der Waals surface area contributed by atoms with Gasteiger partial charge in [0.15, 0.2) is 0 Å². The Morgan fingerprint density at radius 2 is 0.812 bits per heavy atom. The minimum absolute atomic E-state index is 0.859. The Balaban J connectivity index is 1.83. The summed E-state index contributed by atoms with van der Waals surface area (Å²) in [6, 6.07) is 3.44. The van der Waals surface area contributed by atoms with E-state index in [2.05, 4.69) is 23.9 Å². The summed E-state index contributed by atoms with van der Waals surface area (Å²) in [5.41, 5.74) is 0. The van der Waals surface area contributed by atoms with E-state index in [-0.39, 0.29) is 0 Å². The standard InChI is InChI=1S/C14H26N2/c1-15-11-7-3-5-9-13(11)16(2)14-10-6-4-8-12(14)15/h11-14H,3-10H2,1-2H3/t11-,12-,13-,14+/m1/s1. The zero-order chi connectivity index (χ0) is 11.1. The molecule has 2 heteroatoms. The third-order valence-corrected chi connectivity index (χ3v) is 5.48. The summed E-state index contributed by atoms with van der Waals surface area (Å²) in [7, 11) is 4.80. The van der Waals surface area contributed by atoms with E-state index in [0.29, 0.717) is 0 Å². The molecule has 1 saturated heterocycles. The molecule has 1 aliphatic heterocycles. The van der Waals surface area contributed by atoms with E-state index in [1.54, 1.807) is 0 Å². The Hall–Kier alpha value is -0.0800. The van der Waals surface area contributed by atoms with Crippen LogP contribution in [0.2, 0.25) is 0 Å². The van der Waals surface area contributed by atoms with E-state index in [4.69, 9.17) is 0 Å². The van der Waals surface area contributed by atoms with E-state index in [9.17, 15) is 0 Å². The zero-order valence-corrected chi connectivity index (χ0v) is 10.9. The van der Waals surface area contributed by atoms with Gasteiger partial charge in [0, 0.05) is 24.2 Å². The molecular formula is C14H26N2. The first kappa shape index (κ1) is 11.0. The molecule has 16 heavy (non-hydrogen) atoms. The van der Waals surface area contributed by atoms with Crippen molar-refractivity contribution >= 4 is 0 Å². The van der Waals surface area contributed by atoms with Crippen molar-refractivity contribution in [3.8, 4) is 0 Å². The van der Waals surface area contributed by atoms with Crippen molar-refractivity contribution in [1.29, 1.82) is 0 Å². The molecule has 0 radical (unpaired) electrons. The maximum atomic E-state index is 2.76. The van der Waals surface area contributed by atoms with Crippen LogP contribution in [0, 0.1) is 0 Å². The third-order valence-electron chi connectivity index (χ3n) is 5.48. The van der Waals surface area contributed by atoms with Crippen LogP contribution in [-0.4, -0.2) is 48.1 Å². The van der Waals surface area contributed by atoms with Gasteiger partial charge >= 0.3 is 0 Å². The summed E-state index contributed by atoms with van der Waals surface area (Å²) >= 11 is 0. The highest BCUT2D eigenvalue weighted by Gasteiger charge is 2.45. The number of fused-ring (bicyclic) bond motifs is 2. The first-order valence-corrected chi connectivity index (χ1v) is 7.23. The van der Waals surface area contributed by atoms with E-state index in [1.807, 2.05) is 0 Å². The molecule has 92 valence electrons. The molecule has 0 bridgehead atoms. The van der Waals surface area contributed by atoms with Crippen molar-refractivity contribution in [1.82, 2.24) is 9.80 Å². The highest BCUT2D eigenvalue weighted by atomic mass is 15.3. The van der Waals surface area contributed by atoms with Gasteiger partial charge in [-0.05, 0) is 39.8 Å². The van der Waals surface area contributed by atoms with Crippen molar-refractivity contribution in [2.45, 2.75) is 75.5 Å². The minimum atomic E-state index is 0.859. The van der Waals surface area contributed by atoms with Crippen molar-refractivity contribution in [2.75, 3.05) is 14.1 Å². The Labute approximate surface area is 100.0 Å². The summed E-state index contributed by atoms with van der Waals surface area (Å²) in [5, 5.41) is 0. The first-order valence-electron chi connectivity index (χ1n) is 7.23. The molecule has 2 aliphatic carbocycles. The SMILES string of the molecule is CN1[C@@H]2CCCC[C@H]2N(C)[C@H]2CCCC[C@H]21. The van der Waals surface area contributed by atoms with E-state index < -0.39 is 0 Å². The maximum absolute atomic E-state index is 2.76. The van der Waals surface area contributed by atoms with E-state index >= 15 is 0 Å². The first-order chi connectivity index (χ1) is 7.79. The molecular weight excluding hydrogens is 196 g/mol. The smallest absolute Gasteiger partial charge is 0.0252 e. The van der Waals surface area contributed by atoms with Gasteiger partial charge in [-0.3, -0.25) is 9.80 Å². The summed E-state index contributed by atoms with van der Waals surface area (Å²) in [5.74, 6) is 0. The second kappa shape index (κ2) is 4.30. The van der Waals surface area contributed by atoms with Crippen LogP contribution in [0.15, 0.2) is 0 Å². The van der Waals surface area contributed by atoms with Crippen LogP contribution in [0.4, 0.5) is 0 Å². The lowest BCUT2D eigenvalue weighted by molar-refractivity contribution is -0.0692. The number of hydrogen-bond acceptors (Lipinski definition) is 2. The number of piperazine rings is 1. The van der Waals surface area contributed by atoms with Crippen molar-refractivity contribution < 1.29 is 0 Å².